The quantitative estimate of drug-likeness (QED) is 0.653. The van der Waals surface area contributed by atoms with Gasteiger partial charge in [-0.3, -0.25) is 0 Å². The molecule has 0 aliphatic rings. The zero-order valence-electron chi connectivity index (χ0n) is 12.9. The van der Waals surface area contributed by atoms with Crippen LogP contribution in [-0.2, 0) is 13.0 Å². The second-order valence-corrected chi connectivity index (χ2v) is 5.99. The lowest BCUT2D eigenvalue weighted by molar-refractivity contribution is 0.746. The predicted octanol–water partition coefficient (Wildman–Crippen LogP) is 4.43. The van der Waals surface area contributed by atoms with Gasteiger partial charge in [-0.2, -0.15) is 15.0 Å². The lowest BCUT2D eigenvalue weighted by Crippen LogP contribution is -2.27. The van der Waals surface area contributed by atoms with Gasteiger partial charge in [0.2, 0.25) is 16.5 Å². The molecular formula is C18H16Cl2N4. The van der Waals surface area contributed by atoms with Gasteiger partial charge < -0.3 is 4.90 Å². The van der Waals surface area contributed by atoms with Gasteiger partial charge in [-0.1, -0.05) is 60.7 Å². The summed E-state index contributed by atoms with van der Waals surface area (Å²) in [5.41, 5.74) is 2.42. The molecule has 0 bridgehead atoms. The number of nitrogens with zero attached hydrogens (tertiary/aromatic N) is 4. The van der Waals surface area contributed by atoms with E-state index in [2.05, 4.69) is 44.1 Å². The maximum Gasteiger partial charge on any atom is 0.231 e. The molecule has 0 unspecified atom stereocenters. The van der Waals surface area contributed by atoms with E-state index < -0.39 is 0 Å². The summed E-state index contributed by atoms with van der Waals surface area (Å²) >= 11 is 11.9. The molecule has 0 atom stereocenters. The van der Waals surface area contributed by atoms with Crippen molar-refractivity contribution in [3.05, 3.63) is 82.4 Å². The lowest BCUT2D eigenvalue weighted by atomic mass is 10.1. The Kier molecular flexibility index (Phi) is 5.62. The van der Waals surface area contributed by atoms with E-state index in [0.29, 0.717) is 12.5 Å². The first-order valence-corrected chi connectivity index (χ1v) is 8.36. The minimum Gasteiger partial charge on any atom is -0.336 e. The van der Waals surface area contributed by atoms with Crippen molar-refractivity contribution in [1.82, 2.24) is 15.0 Å². The van der Waals surface area contributed by atoms with Crippen LogP contribution in [0.5, 0.6) is 0 Å². The predicted molar refractivity (Wildman–Crippen MR) is 97.5 cm³/mol. The number of halogens is 2. The normalized spacial score (nSPS) is 10.6. The van der Waals surface area contributed by atoms with Gasteiger partial charge in [-0.25, -0.2) is 0 Å². The molecule has 0 saturated heterocycles. The minimum atomic E-state index is 0.0998. The number of benzene rings is 2. The Bertz CT molecular complexity index is 761. The Morgan fingerprint density at radius 3 is 1.83 bits per heavy atom. The first-order chi connectivity index (χ1) is 11.7. The molecule has 122 valence electrons. The van der Waals surface area contributed by atoms with Crippen molar-refractivity contribution in [3.8, 4) is 0 Å². The van der Waals surface area contributed by atoms with Crippen LogP contribution in [0.4, 0.5) is 5.95 Å². The molecule has 1 aromatic heterocycles. The highest BCUT2D eigenvalue weighted by atomic mass is 35.5. The third-order valence-electron chi connectivity index (χ3n) is 3.58. The molecule has 0 amide bonds. The van der Waals surface area contributed by atoms with E-state index in [4.69, 9.17) is 23.2 Å². The highest BCUT2D eigenvalue weighted by Crippen LogP contribution is 2.17. The van der Waals surface area contributed by atoms with Gasteiger partial charge in [0.1, 0.15) is 0 Å². The molecule has 1 heterocycles. The molecule has 0 aliphatic heterocycles. The Morgan fingerprint density at radius 1 is 0.708 bits per heavy atom. The van der Waals surface area contributed by atoms with Crippen LogP contribution in [0.25, 0.3) is 0 Å². The average Bonchev–Trinajstić information content (AvgIpc) is 2.59. The van der Waals surface area contributed by atoms with Crippen LogP contribution in [0.3, 0.4) is 0 Å². The topological polar surface area (TPSA) is 41.9 Å². The van der Waals surface area contributed by atoms with Crippen molar-refractivity contribution in [3.63, 3.8) is 0 Å². The summed E-state index contributed by atoms with van der Waals surface area (Å²) in [6.07, 6.45) is 0.870. The van der Waals surface area contributed by atoms with Gasteiger partial charge in [0, 0.05) is 13.1 Å². The van der Waals surface area contributed by atoms with E-state index in [1.807, 2.05) is 36.4 Å². The Morgan fingerprint density at radius 2 is 1.25 bits per heavy atom. The molecular weight excluding hydrogens is 343 g/mol. The van der Waals surface area contributed by atoms with Crippen LogP contribution in [0.15, 0.2) is 60.7 Å². The second kappa shape index (κ2) is 8.08. The van der Waals surface area contributed by atoms with Crippen LogP contribution in [0.2, 0.25) is 10.6 Å². The molecule has 0 spiro atoms. The van der Waals surface area contributed by atoms with Crippen LogP contribution in [0, 0.1) is 0 Å². The van der Waals surface area contributed by atoms with E-state index in [1.165, 1.54) is 11.1 Å². The molecule has 0 saturated carbocycles. The number of hydrogen-bond acceptors (Lipinski definition) is 4. The van der Waals surface area contributed by atoms with E-state index in [0.717, 1.165) is 13.0 Å². The third kappa shape index (κ3) is 4.66. The maximum atomic E-state index is 5.94. The molecule has 2 aromatic carbocycles. The van der Waals surface area contributed by atoms with Crippen molar-refractivity contribution in [2.45, 2.75) is 13.0 Å². The standard InChI is InChI=1S/C18H16Cl2N4/c19-16-21-17(20)23-18(22-16)24(13-15-9-5-2-6-10-15)12-11-14-7-3-1-4-8-14/h1-10H,11-13H2. The van der Waals surface area contributed by atoms with E-state index in [-0.39, 0.29) is 10.6 Å². The van der Waals surface area contributed by atoms with Gasteiger partial charge in [-0.15, -0.1) is 0 Å². The summed E-state index contributed by atoms with van der Waals surface area (Å²) in [4.78, 5) is 14.3. The zero-order valence-corrected chi connectivity index (χ0v) is 14.5. The molecule has 24 heavy (non-hydrogen) atoms. The van der Waals surface area contributed by atoms with Gasteiger partial charge in [0.15, 0.2) is 0 Å². The van der Waals surface area contributed by atoms with Crippen molar-refractivity contribution in [1.29, 1.82) is 0 Å². The van der Waals surface area contributed by atoms with Crippen LogP contribution >= 0.6 is 23.2 Å². The van der Waals surface area contributed by atoms with Crippen molar-refractivity contribution >= 4 is 29.2 Å². The van der Waals surface area contributed by atoms with Crippen LogP contribution in [0.1, 0.15) is 11.1 Å². The van der Waals surface area contributed by atoms with Gasteiger partial charge >= 0.3 is 0 Å². The fraction of sp³-hybridized carbons (Fsp3) is 0.167. The summed E-state index contributed by atoms with van der Waals surface area (Å²) in [6.45, 7) is 1.42. The fourth-order valence-corrected chi connectivity index (χ4v) is 2.77. The molecule has 3 rings (SSSR count). The van der Waals surface area contributed by atoms with Crippen molar-refractivity contribution in [2.75, 3.05) is 11.4 Å². The molecule has 0 fully saturated rings. The van der Waals surface area contributed by atoms with Gasteiger partial charge in [0.25, 0.3) is 0 Å². The second-order valence-electron chi connectivity index (χ2n) is 5.32. The minimum absolute atomic E-state index is 0.0998. The smallest absolute Gasteiger partial charge is 0.231 e. The Labute approximate surface area is 151 Å². The van der Waals surface area contributed by atoms with E-state index in [9.17, 15) is 0 Å². The number of rotatable bonds is 6. The highest BCUT2D eigenvalue weighted by Gasteiger charge is 2.13. The monoisotopic (exact) mass is 358 g/mol. The SMILES string of the molecule is Clc1nc(Cl)nc(N(CCc2ccccc2)Cc2ccccc2)n1. The number of hydrogen-bond donors (Lipinski definition) is 0. The van der Waals surface area contributed by atoms with Crippen LogP contribution in [-0.4, -0.2) is 21.5 Å². The molecule has 0 aliphatic carbocycles. The van der Waals surface area contributed by atoms with Gasteiger partial charge in [-0.05, 0) is 40.7 Å². The fourth-order valence-electron chi connectivity index (χ4n) is 2.42. The third-order valence-corrected chi connectivity index (χ3v) is 3.92. The lowest BCUT2D eigenvalue weighted by Gasteiger charge is -2.23. The van der Waals surface area contributed by atoms with E-state index >= 15 is 0 Å². The average molecular weight is 359 g/mol. The molecule has 6 heteroatoms. The Hall–Kier alpha value is -2.17. The van der Waals surface area contributed by atoms with Crippen molar-refractivity contribution in [2.24, 2.45) is 0 Å². The zero-order chi connectivity index (χ0) is 16.8. The van der Waals surface area contributed by atoms with Crippen LogP contribution < -0.4 is 4.90 Å². The summed E-state index contributed by atoms with van der Waals surface area (Å²) in [5, 5.41) is 0.200. The van der Waals surface area contributed by atoms with Crippen molar-refractivity contribution < 1.29 is 0 Å². The number of aromatic nitrogens is 3. The largest absolute Gasteiger partial charge is 0.336 e. The van der Waals surface area contributed by atoms with E-state index in [1.54, 1.807) is 0 Å². The maximum absolute atomic E-state index is 5.94. The van der Waals surface area contributed by atoms with Gasteiger partial charge in [0.05, 0.1) is 0 Å². The molecule has 4 nitrogen and oxygen atoms in total. The molecule has 3 aromatic rings. The summed E-state index contributed by atoms with van der Waals surface area (Å²) in [7, 11) is 0. The molecule has 0 N–H and O–H groups in total. The first-order valence-electron chi connectivity index (χ1n) is 7.60. The molecule has 0 radical (unpaired) electrons. The highest BCUT2D eigenvalue weighted by molar-refractivity contribution is 6.31. The Balaban J connectivity index is 1.82. The number of anilines is 1. The summed E-state index contributed by atoms with van der Waals surface area (Å²) in [5.74, 6) is 0.486. The summed E-state index contributed by atoms with van der Waals surface area (Å²) in [6, 6.07) is 20.4. The summed E-state index contributed by atoms with van der Waals surface area (Å²) < 4.78 is 0. The first kappa shape index (κ1) is 16.7.